The molecule has 13 nitrogen and oxygen atoms in total. The number of carbonyl (C=O) groups excluding carboxylic acids is 4. The number of alkyl carbamates (subject to hydrolysis) is 1. The van der Waals surface area contributed by atoms with Crippen LogP contribution in [-0.4, -0.2) is 62.8 Å². The molecule has 2 aromatic rings. The molecule has 0 bridgehead atoms. The number of benzene rings is 2. The molecule has 2 rings (SSSR count). The Morgan fingerprint density at radius 2 is 1.37 bits per heavy atom. The van der Waals surface area contributed by atoms with Crippen molar-refractivity contribution in [2.75, 3.05) is 26.8 Å². The lowest BCUT2D eigenvalue weighted by molar-refractivity contribution is -0.145. The average molecular weight is 681 g/mol. The number of nitrogens with zero attached hydrogens (tertiary/aromatic N) is 3. The van der Waals surface area contributed by atoms with Crippen LogP contribution >= 0.6 is 0 Å². The highest BCUT2D eigenvalue weighted by Gasteiger charge is 2.27. The number of esters is 1. The van der Waals surface area contributed by atoms with Crippen molar-refractivity contribution < 1.29 is 33.4 Å². The second kappa shape index (κ2) is 26.4. The zero-order valence-corrected chi connectivity index (χ0v) is 28.6. The van der Waals surface area contributed by atoms with Crippen LogP contribution < -0.4 is 16.0 Å². The summed E-state index contributed by atoms with van der Waals surface area (Å²) in [5.74, 6) is -1.41. The maximum atomic E-state index is 13.4. The fourth-order valence-corrected chi connectivity index (χ4v) is 4.99. The van der Waals surface area contributed by atoms with Crippen LogP contribution in [0.25, 0.3) is 10.4 Å². The normalized spacial score (nSPS) is 11.8. The SMILES string of the molecule is COC(=O)[C@H](CCCCNC(=O)OCc1ccccc1)NC(=O)[C@H](COCc1ccccc1)NC(=O)CCCCCCCCCCN=[N+]=[N-]. The third-order valence-electron chi connectivity index (χ3n) is 7.73. The topological polar surface area (TPSA) is 181 Å². The first-order valence-corrected chi connectivity index (χ1v) is 17.2. The summed E-state index contributed by atoms with van der Waals surface area (Å²) in [5, 5.41) is 11.7. The number of nitrogens with one attached hydrogen (secondary N) is 3. The zero-order chi connectivity index (χ0) is 35.4. The van der Waals surface area contributed by atoms with Crippen molar-refractivity contribution in [2.24, 2.45) is 5.11 Å². The molecule has 0 aromatic heterocycles. The Morgan fingerprint density at radius 1 is 0.755 bits per heavy atom. The van der Waals surface area contributed by atoms with Gasteiger partial charge in [-0.1, -0.05) is 104 Å². The summed E-state index contributed by atoms with van der Waals surface area (Å²) < 4.78 is 15.9. The second-order valence-corrected chi connectivity index (χ2v) is 11.7. The van der Waals surface area contributed by atoms with Gasteiger partial charge < -0.3 is 30.2 Å². The van der Waals surface area contributed by atoms with Crippen LogP contribution in [0.3, 0.4) is 0 Å². The summed E-state index contributed by atoms with van der Waals surface area (Å²) in [7, 11) is 1.25. The highest BCUT2D eigenvalue weighted by molar-refractivity contribution is 5.90. The van der Waals surface area contributed by atoms with Gasteiger partial charge in [0.25, 0.3) is 0 Å². The fraction of sp³-hybridized carbons (Fsp3) is 0.556. The number of hydrogen-bond donors (Lipinski definition) is 3. The van der Waals surface area contributed by atoms with Crippen LogP contribution in [-0.2, 0) is 41.8 Å². The van der Waals surface area contributed by atoms with Crippen LogP contribution in [0, 0.1) is 0 Å². The molecule has 2 atom stereocenters. The number of amides is 3. The van der Waals surface area contributed by atoms with E-state index in [9.17, 15) is 19.2 Å². The van der Waals surface area contributed by atoms with Gasteiger partial charge in [-0.2, -0.15) is 0 Å². The van der Waals surface area contributed by atoms with Gasteiger partial charge in [0.05, 0.1) is 20.3 Å². The average Bonchev–Trinajstić information content (AvgIpc) is 3.12. The van der Waals surface area contributed by atoms with Gasteiger partial charge in [0.2, 0.25) is 11.8 Å². The first kappa shape index (κ1) is 40.6. The molecule has 13 heteroatoms. The first-order chi connectivity index (χ1) is 23.9. The maximum absolute atomic E-state index is 13.4. The molecule has 3 amide bonds. The number of ether oxygens (including phenoxy) is 3. The maximum Gasteiger partial charge on any atom is 0.407 e. The van der Waals surface area contributed by atoms with Crippen molar-refractivity contribution in [3.8, 4) is 0 Å². The molecule has 0 heterocycles. The van der Waals surface area contributed by atoms with E-state index in [1.807, 2.05) is 60.7 Å². The van der Waals surface area contributed by atoms with Crippen molar-refractivity contribution in [2.45, 2.75) is 102 Å². The highest BCUT2D eigenvalue weighted by Crippen LogP contribution is 2.11. The van der Waals surface area contributed by atoms with Crippen LogP contribution in [0.15, 0.2) is 65.8 Å². The summed E-state index contributed by atoms with van der Waals surface area (Å²) >= 11 is 0. The minimum Gasteiger partial charge on any atom is -0.467 e. The predicted molar refractivity (Wildman–Crippen MR) is 186 cm³/mol. The molecule has 0 radical (unpaired) electrons. The standard InChI is InChI=1S/C36H52N6O7/c1-47-35(45)31(22-15-17-24-38-36(46)49-27-30-20-12-9-13-21-30)41-34(44)32(28-48-26-29-18-10-8-11-19-29)40-33(43)23-14-6-4-2-3-5-7-16-25-39-42-37/h8-13,18-21,31-32H,2-7,14-17,22-28H2,1H3,(H,38,46)(H,40,43)(H,41,44)/t31-,32-/m0/s1. The lowest BCUT2D eigenvalue weighted by Gasteiger charge is -2.22. The molecule has 0 fully saturated rings. The van der Waals surface area contributed by atoms with Crippen molar-refractivity contribution >= 4 is 23.9 Å². The van der Waals surface area contributed by atoms with Gasteiger partial charge in [-0.15, -0.1) is 0 Å². The molecule has 0 aliphatic carbocycles. The number of carbonyl (C=O) groups is 4. The third-order valence-corrected chi connectivity index (χ3v) is 7.73. The Labute approximate surface area is 289 Å². The Morgan fingerprint density at radius 3 is 2.00 bits per heavy atom. The quantitative estimate of drug-likeness (QED) is 0.0344. The number of hydrogen-bond acceptors (Lipinski definition) is 8. The van der Waals surface area contributed by atoms with E-state index in [-0.39, 0.29) is 38.6 Å². The van der Waals surface area contributed by atoms with Crippen LogP contribution in [0.5, 0.6) is 0 Å². The zero-order valence-electron chi connectivity index (χ0n) is 28.6. The molecule has 0 spiro atoms. The molecule has 268 valence electrons. The van der Waals surface area contributed by atoms with Gasteiger partial charge in [0, 0.05) is 24.4 Å². The number of azide groups is 1. The van der Waals surface area contributed by atoms with Crippen LogP contribution in [0.1, 0.15) is 88.2 Å². The van der Waals surface area contributed by atoms with Gasteiger partial charge in [-0.3, -0.25) is 9.59 Å². The second-order valence-electron chi connectivity index (χ2n) is 11.7. The van der Waals surface area contributed by atoms with E-state index in [2.05, 4.69) is 26.0 Å². The molecule has 0 saturated heterocycles. The molecule has 0 aliphatic heterocycles. The summed E-state index contributed by atoms with van der Waals surface area (Å²) in [6, 6.07) is 16.9. The fourth-order valence-electron chi connectivity index (χ4n) is 4.99. The lowest BCUT2D eigenvalue weighted by atomic mass is 10.1. The summed E-state index contributed by atoms with van der Waals surface area (Å²) in [6.07, 6.45) is 8.88. The molecule has 49 heavy (non-hydrogen) atoms. The molecular formula is C36H52N6O7. The number of rotatable bonds is 26. The van der Waals surface area contributed by atoms with Gasteiger partial charge >= 0.3 is 12.1 Å². The Hall–Kier alpha value is -4.61. The van der Waals surface area contributed by atoms with E-state index in [0.717, 1.165) is 56.1 Å². The Bertz CT molecular complexity index is 1280. The van der Waals surface area contributed by atoms with E-state index in [4.69, 9.17) is 19.7 Å². The van der Waals surface area contributed by atoms with E-state index in [1.54, 1.807) is 0 Å². The van der Waals surface area contributed by atoms with Crippen LogP contribution in [0.4, 0.5) is 4.79 Å². The third kappa shape index (κ3) is 19.7. The predicted octanol–water partition coefficient (Wildman–Crippen LogP) is 6.26. The van der Waals surface area contributed by atoms with Crippen molar-refractivity contribution in [1.29, 1.82) is 0 Å². The van der Waals surface area contributed by atoms with E-state index >= 15 is 0 Å². The Balaban J connectivity index is 1.79. The van der Waals surface area contributed by atoms with Crippen molar-refractivity contribution in [3.05, 3.63) is 82.2 Å². The van der Waals surface area contributed by atoms with E-state index < -0.39 is 30.1 Å². The lowest BCUT2D eigenvalue weighted by Crippen LogP contribution is -2.53. The summed E-state index contributed by atoms with van der Waals surface area (Å²) in [5.41, 5.74) is 10.1. The number of unbranched alkanes of at least 4 members (excludes halogenated alkanes) is 8. The van der Waals surface area contributed by atoms with Crippen molar-refractivity contribution in [3.63, 3.8) is 0 Å². The number of methoxy groups -OCH3 is 1. The molecule has 0 saturated carbocycles. The Kier molecular flexibility index (Phi) is 21.8. The first-order valence-electron chi connectivity index (χ1n) is 17.2. The molecule has 2 aromatic carbocycles. The molecule has 3 N–H and O–H groups in total. The minimum atomic E-state index is -1.00. The van der Waals surface area contributed by atoms with Gasteiger partial charge in [0.1, 0.15) is 18.7 Å². The van der Waals surface area contributed by atoms with Gasteiger partial charge in [-0.05, 0) is 48.8 Å². The molecule has 0 unspecified atom stereocenters. The molecular weight excluding hydrogens is 628 g/mol. The van der Waals surface area contributed by atoms with Gasteiger partial charge in [-0.25, -0.2) is 9.59 Å². The summed E-state index contributed by atoms with van der Waals surface area (Å²) in [6.45, 7) is 1.22. The van der Waals surface area contributed by atoms with Crippen LogP contribution in [0.2, 0.25) is 0 Å². The smallest absolute Gasteiger partial charge is 0.407 e. The van der Waals surface area contributed by atoms with Gasteiger partial charge in [0.15, 0.2) is 0 Å². The van der Waals surface area contributed by atoms with E-state index in [0.29, 0.717) is 32.4 Å². The monoisotopic (exact) mass is 680 g/mol. The largest absolute Gasteiger partial charge is 0.467 e. The van der Waals surface area contributed by atoms with E-state index in [1.165, 1.54) is 7.11 Å². The molecule has 0 aliphatic rings. The summed E-state index contributed by atoms with van der Waals surface area (Å²) in [4.78, 5) is 53.5. The minimum absolute atomic E-state index is 0.0744. The van der Waals surface area contributed by atoms with Crippen molar-refractivity contribution in [1.82, 2.24) is 16.0 Å². The highest BCUT2D eigenvalue weighted by atomic mass is 16.5.